The highest BCUT2D eigenvalue weighted by Gasteiger charge is 2.28. The van der Waals surface area contributed by atoms with Crippen molar-refractivity contribution in [2.45, 2.75) is 38.6 Å². The van der Waals surface area contributed by atoms with Crippen LogP contribution in [0.4, 0.5) is 5.69 Å². The molecular formula is C21H27N5O4. The first-order chi connectivity index (χ1) is 14.2. The molecule has 0 saturated heterocycles. The van der Waals surface area contributed by atoms with E-state index in [0.29, 0.717) is 24.1 Å². The van der Waals surface area contributed by atoms with Gasteiger partial charge >= 0.3 is 5.97 Å². The molecule has 0 radical (unpaired) electrons. The van der Waals surface area contributed by atoms with Crippen LogP contribution in [-0.2, 0) is 9.59 Å². The Hall–Kier alpha value is -3.62. The van der Waals surface area contributed by atoms with Gasteiger partial charge in [0.25, 0.3) is 5.91 Å². The Morgan fingerprint density at radius 1 is 1.33 bits per heavy atom. The van der Waals surface area contributed by atoms with E-state index in [4.69, 9.17) is 10.9 Å². The monoisotopic (exact) mass is 413 g/mol. The highest BCUT2D eigenvalue weighted by atomic mass is 16.4. The van der Waals surface area contributed by atoms with E-state index >= 15 is 0 Å². The molecule has 1 aromatic rings. The molecule has 0 fully saturated rings. The van der Waals surface area contributed by atoms with Gasteiger partial charge in [-0.25, -0.2) is 0 Å². The van der Waals surface area contributed by atoms with Gasteiger partial charge in [0, 0.05) is 17.7 Å². The zero-order chi connectivity index (χ0) is 22.1. The second-order valence-corrected chi connectivity index (χ2v) is 7.41. The summed E-state index contributed by atoms with van der Waals surface area (Å²) in [6.45, 7) is 3.60. The van der Waals surface area contributed by atoms with Crippen molar-refractivity contribution in [3.63, 3.8) is 0 Å². The lowest BCUT2D eigenvalue weighted by Crippen LogP contribution is -2.49. The van der Waals surface area contributed by atoms with Crippen molar-refractivity contribution < 1.29 is 19.5 Å². The number of carbonyl (C=O) groups is 3. The van der Waals surface area contributed by atoms with Crippen LogP contribution in [0.2, 0.25) is 0 Å². The van der Waals surface area contributed by atoms with Gasteiger partial charge in [0.05, 0.1) is 12.1 Å². The normalized spacial score (nSPS) is 18.3. The molecule has 0 saturated carbocycles. The van der Waals surface area contributed by atoms with E-state index in [0.717, 1.165) is 11.1 Å². The predicted molar refractivity (Wildman–Crippen MR) is 115 cm³/mol. The third-order valence-electron chi connectivity index (χ3n) is 4.50. The second-order valence-electron chi connectivity index (χ2n) is 7.41. The van der Waals surface area contributed by atoms with E-state index in [2.05, 4.69) is 21.1 Å². The number of aliphatic carboxylic acids is 1. The second kappa shape index (κ2) is 10.2. The molecule has 2 rings (SSSR count). The Balaban J connectivity index is 1.91. The summed E-state index contributed by atoms with van der Waals surface area (Å²) in [5.41, 5.74) is 2.31. The first-order valence-corrected chi connectivity index (χ1v) is 9.49. The van der Waals surface area contributed by atoms with Crippen LogP contribution in [0.3, 0.4) is 0 Å². The number of rotatable bonds is 9. The number of hydrogen-bond acceptors (Lipinski definition) is 5. The van der Waals surface area contributed by atoms with Gasteiger partial charge in [-0.1, -0.05) is 29.4 Å². The molecule has 9 nitrogen and oxygen atoms in total. The summed E-state index contributed by atoms with van der Waals surface area (Å²) in [5, 5.41) is 20.6. The summed E-state index contributed by atoms with van der Waals surface area (Å²) >= 11 is 0. The van der Waals surface area contributed by atoms with Crippen molar-refractivity contribution >= 4 is 29.8 Å². The molecule has 30 heavy (non-hydrogen) atoms. The quantitative estimate of drug-likeness (QED) is 0.180. The Morgan fingerprint density at radius 2 is 2.10 bits per heavy atom. The zero-order valence-corrected chi connectivity index (χ0v) is 17.1. The lowest BCUT2D eigenvalue weighted by atomic mass is 9.83. The summed E-state index contributed by atoms with van der Waals surface area (Å²) in [4.78, 5) is 35.6. The van der Waals surface area contributed by atoms with Crippen LogP contribution in [0.15, 0.2) is 52.7 Å². The van der Waals surface area contributed by atoms with Crippen molar-refractivity contribution in [2.75, 3.05) is 11.9 Å². The van der Waals surface area contributed by atoms with Gasteiger partial charge in [-0.3, -0.25) is 14.4 Å². The molecule has 1 unspecified atom stereocenters. The van der Waals surface area contributed by atoms with E-state index in [-0.39, 0.29) is 24.8 Å². The highest BCUT2D eigenvalue weighted by Crippen LogP contribution is 2.28. The molecular weight excluding hydrogens is 386 g/mol. The topological polar surface area (TPSA) is 146 Å². The highest BCUT2D eigenvalue weighted by molar-refractivity contribution is 5.97. The Labute approximate surface area is 175 Å². The number of nitrogens with two attached hydrogens (primary N) is 1. The van der Waals surface area contributed by atoms with Crippen LogP contribution in [0, 0.1) is 0 Å². The summed E-state index contributed by atoms with van der Waals surface area (Å²) in [5.74, 6) is 3.46. The van der Waals surface area contributed by atoms with Crippen LogP contribution in [0.25, 0.3) is 0 Å². The van der Waals surface area contributed by atoms with Crippen molar-refractivity contribution in [2.24, 2.45) is 10.9 Å². The van der Waals surface area contributed by atoms with Gasteiger partial charge in [0.2, 0.25) is 5.91 Å². The van der Waals surface area contributed by atoms with Crippen LogP contribution >= 0.6 is 0 Å². The molecule has 160 valence electrons. The van der Waals surface area contributed by atoms with Gasteiger partial charge in [0.1, 0.15) is 6.34 Å². The van der Waals surface area contributed by atoms with Crippen molar-refractivity contribution in [1.29, 1.82) is 0 Å². The fourth-order valence-corrected chi connectivity index (χ4v) is 3.44. The third kappa shape index (κ3) is 7.08. The molecule has 0 aliphatic heterocycles. The van der Waals surface area contributed by atoms with Gasteiger partial charge in [-0.05, 0) is 44.9 Å². The van der Waals surface area contributed by atoms with Crippen molar-refractivity contribution in [3.05, 3.63) is 53.1 Å². The minimum Gasteiger partial charge on any atom is -0.481 e. The van der Waals surface area contributed by atoms with Gasteiger partial charge < -0.3 is 26.9 Å². The molecule has 1 aromatic carbocycles. The number of hydrazone groups is 1. The molecule has 0 spiro atoms. The smallest absolute Gasteiger partial charge is 0.303 e. The number of allylic oxidation sites excluding steroid dienone is 2. The number of carboxylic acid groups (broad SMARTS) is 1. The molecule has 2 amide bonds. The Bertz CT molecular complexity index is 906. The Morgan fingerprint density at radius 3 is 2.80 bits per heavy atom. The molecule has 0 bridgehead atoms. The van der Waals surface area contributed by atoms with E-state index in [1.807, 2.05) is 26.0 Å². The molecule has 6 N–H and O–H groups in total. The average molecular weight is 413 g/mol. The summed E-state index contributed by atoms with van der Waals surface area (Å²) in [6, 6.07) is 6.69. The molecule has 0 heterocycles. The summed E-state index contributed by atoms with van der Waals surface area (Å²) in [6.07, 6.45) is 6.18. The number of anilines is 1. The number of carbonyl (C=O) groups excluding carboxylic acids is 2. The SMILES string of the molecule is CC1=CC(C)(NC(=O)CNC(=O)c2cccc(NC=NN)c2)CC(CCC(=O)O)=C1. The number of amides is 2. The van der Waals surface area contributed by atoms with Crippen LogP contribution in [0.1, 0.15) is 43.5 Å². The average Bonchev–Trinajstić information content (AvgIpc) is 2.68. The fraction of sp³-hybridized carbons (Fsp3) is 0.333. The van der Waals surface area contributed by atoms with E-state index in [1.54, 1.807) is 24.3 Å². The number of nitrogens with zero attached hydrogens (tertiary/aromatic N) is 1. The van der Waals surface area contributed by atoms with Gasteiger partial charge in [-0.2, -0.15) is 5.10 Å². The number of hydrogen-bond donors (Lipinski definition) is 5. The standard InChI is InChI=1S/C21H27N5O4/c1-14-8-15(6-7-19(28)29)11-21(2,10-14)26-18(27)12-23-20(30)16-4-3-5-17(9-16)24-13-25-22/h3-5,8-10,13H,6-7,11-12,22H2,1-2H3,(H,23,30)(H,24,25)(H,26,27)(H,28,29). The van der Waals surface area contributed by atoms with E-state index < -0.39 is 11.5 Å². The lowest BCUT2D eigenvalue weighted by Gasteiger charge is -2.32. The van der Waals surface area contributed by atoms with Gasteiger partial charge in [0.15, 0.2) is 0 Å². The van der Waals surface area contributed by atoms with Crippen molar-refractivity contribution in [3.8, 4) is 0 Å². The lowest BCUT2D eigenvalue weighted by molar-refractivity contribution is -0.137. The van der Waals surface area contributed by atoms with Gasteiger partial charge in [-0.15, -0.1) is 0 Å². The van der Waals surface area contributed by atoms with Crippen LogP contribution in [0.5, 0.6) is 0 Å². The zero-order valence-electron chi connectivity index (χ0n) is 17.1. The minimum atomic E-state index is -0.855. The number of carboxylic acids is 1. The number of benzene rings is 1. The van der Waals surface area contributed by atoms with E-state index in [1.165, 1.54) is 6.34 Å². The first kappa shape index (κ1) is 22.7. The molecule has 1 aliphatic rings. The van der Waals surface area contributed by atoms with E-state index in [9.17, 15) is 14.4 Å². The molecule has 1 atom stereocenters. The minimum absolute atomic E-state index is 0.0459. The summed E-state index contributed by atoms with van der Waals surface area (Å²) in [7, 11) is 0. The first-order valence-electron chi connectivity index (χ1n) is 9.49. The maximum atomic E-state index is 12.4. The van der Waals surface area contributed by atoms with Crippen molar-refractivity contribution in [1.82, 2.24) is 10.6 Å². The van der Waals surface area contributed by atoms with Crippen LogP contribution < -0.4 is 21.8 Å². The maximum Gasteiger partial charge on any atom is 0.303 e. The molecule has 0 aromatic heterocycles. The fourth-order valence-electron chi connectivity index (χ4n) is 3.44. The number of nitrogens with one attached hydrogen (secondary N) is 3. The summed E-state index contributed by atoms with van der Waals surface area (Å²) < 4.78 is 0. The third-order valence-corrected chi connectivity index (χ3v) is 4.50. The van der Waals surface area contributed by atoms with Crippen LogP contribution in [-0.4, -0.2) is 41.3 Å². The maximum absolute atomic E-state index is 12.4. The Kier molecular flexibility index (Phi) is 7.74. The molecule has 9 heteroatoms. The molecule has 1 aliphatic carbocycles. The largest absolute Gasteiger partial charge is 0.481 e. The predicted octanol–water partition coefficient (Wildman–Crippen LogP) is 1.75.